The molecule has 0 amide bonds. The maximum atomic E-state index is 12.4. The van der Waals surface area contributed by atoms with Crippen LogP contribution in [0.3, 0.4) is 0 Å². The number of hydrogen-bond donors (Lipinski definition) is 1. The highest BCUT2D eigenvalue weighted by Crippen LogP contribution is 2.36. The third-order valence-electron chi connectivity index (χ3n) is 3.56. The largest absolute Gasteiger partial charge is 0.487 e. The van der Waals surface area contributed by atoms with Crippen LogP contribution in [0.4, 0.5) is 0 Å². The number of ether oxygens (including phenoxy) is 2. The summed E-state index contributed by atoms with van der Waals surface area (Å²) in [6.07, 6.45) is 2.14. The molecular weight excluding hydrogens is 270 g/mol. The van der Waals surface area contributed by atoms with Crippen LogP contribution in [0, 0.1) is 0 Å². The summed E-state index contributed by atoms with van der Waals surface area (Å²) in [6, 6.07) is 3.62. The SMILES string of the molecule is CCOC(=O)c1c[nH]c2cc3c(cc2c1=O)CC(C)(C)O3. The molecule has 0 atom stereocenters. The Balaban J connectivity index is 2.16. The molecule has 1 aromatic carbocycles. The molecule has 1 aromatic heterocycles. The zero-order chi connectivity index (χ0) is 15.2. The predicted octanol–water partition coefficient (Wildman–Crippen LogP) is 2.42. The van der Waals surface area contributed by atoms with E-state index in [0.717, 1.165) is 17.7 Å². The van der Waals surface area contributed by atoms with Crippen LogP contribution in [-0.4, -0.2) is 23.2 Å². The molecule has 21 heavy (non-hydrogen) atoms. The fourth-order valence-corrected chi connectivity index (χ4v) is 2.68. The van der Waals surface area contributed by atoms with Crippen molar-refractivity contribution in [2.45, 2.75) is 32.8 Å². The Bertz CT molecular complexity index is 789. The molecule has 2 aromatic rings. The number of carbonyl (C=O) groups excluding carboxylic acids is 1. The first kappa shape index (κ1) is 13.7. The summed E-state index contributed by atoms with van der Waals surface area (Å²) in [5, 5.41) is 0.487. The van der Waals surface area contributed by atoms with Crippen molar-refractivity contribution in [3.05, 3.63) is 39.7 Å². The highest BCUT2D eigenvalue weighted by Gasteiger charge is 2.30. The lowest BCUT2D eigenvalue weighted by Gasteiger charge is -2.16. The monoisotopic (exact) mass is 287 g/mol. The molecule has 0 aliphatic carbocycles. The molecule has 2 heterocycles. The van der Waals surface area contributed by atoms with E-state index in [1.54, 1.807) is 13.0 Å². The van der Waals surface area contributed by atoms with Gasteiger partial charge in [-0.1, -0.05) is 0 Å². The van der Waals surface area contributed by atoms with Crippen LogP contribution in [0.1, 0.15) is 36.7 Å². The number of nitrogens with one attached hydrogen (secondary N) is 1. The van der Waals surface area contributed by atoms with Crippen molar-refractivity contribution < 1.29 is 14.3 Å². The number of H-pyrrole nitrogens is 1. The summed E-state index contributed by atoms with van der Waals surface area (Å²) in [7, 11) is 0. The minimum Gasteiger partial charge on any atom is -0.487 e. The molecule has 110 valence electrons. The van der Waals surface area contributed by atoms with E-state index in [9.17, 15) is 9.59 Å². The van der Waals surface area contributed by atoms with Crippen molar-refractivity contribution in [3.63, 3.8) is 0 Å². The van der Waals surface area contributed by atoms with Crippen molar-refractivity contribution in [3.8, 4) is 5.75 Å². The quantitative estimate of drug-likeness (QED) is 0.861. The zero-order valence-electron chi connectivity index (χ0n) is 12.3. The molecule has 0 saturated heterocycles. The van der Waals surface area contributed by atoms with Crippen molar-refractivity contribution in [1.29, 1.82) is 0 Å². The van der Waals surface area contributed by atoms with Gasteiger partial charge in [0.05, 0.1) is 12.1 Å². The minimum atomic E-state index is -0.599. The molecule has 0 saturated carbocycles. The van der Waals surface area contributed by atoms with E-state index >= 15 is 0 Å². The molecule has 1 aliphatic rings. The van der Waals surface area contributed by atoms with Crippen LogP contribution in [0.5, 0.6) is 5.75 Å². The van der Waals surface area contributed by atoms with Crippen LogP contribution in [0.15, 0.2) is 23.1 Å². The van der Waals surface area contributed by atoms with Gasteiger partial charge in [-0.2, -0.15) is 0 Å². The molecule has 0 radical (unpaired) electrons. The van der Waals surface area contributed by atoms with E-state index in [1.165, 1.54) is 6.20 Å². The zero-order valence-corrected chi connectivity index (χ0v) is 12.3. The highest BCUT2D eigenvalue weighted by atomic mass is 16.5. The molecule has 1 N–H and O–H groups in total. The summed E-state index contributed by atoms with van der Waals surface area (Å²) in [5.74, 6) is 0.185. The van der Waals surface area contributed by atoms with E-state index in [-0.39, 0.29) is 23.2 Å². The van der Waals surface area contributed by atoms with Gasteiger partial charge in [0.2, 0.25) is 5.43 Å². The van der Waals surface area contributed by atoms with Gasteiger partial charge in [0, 0.05) is 24.1 Å². The second-order valence-corrected chi connectivity index (χ2v) is 5.80. The van der Waals surface area contributed by atoms with Gasteiger partial charge >= 0.3 is 5.97 Å². The molecule has 5 heteroatoms. The van der Waals surface area contributed by atoms with E-state index < -0.39 is 5.97 Å². The Morgan fingerprint density at radius 1 is 1.43 bits per heavy atom. The standard InChI is InChI=1S/C16H17NO4/c1-4-20-15(19)11-8-17-12-6-13-9(5-10(12)14(11)18)7-16(2,3)21-13/h5-6,8H,4,7H2,1-3H3,(H,17,18). The molecule has 0 unspecified atom stereocenters. The summed E-state index contributed by atoms with van der Waals surface area (Å²) in [5.41, 5.74) is 1.09. The van der Waals surface area contributed by atoms with Gasteiger partial charge in [-0.3, -0.25) is 4.79 Å². The Labute approximate surface area is 121 Å². The van der Waals surface area contributed by atoms with E-state index in [0.29, 0.717) is 10.9 Å². The topological polar surface area (TPSA) is 68.4 Å². The normalized spacial score (nSPS) is 15.6. The van der Waals surface area contributed by atoms with Crippen LogP contribution < -0.4 is 10.2 Å². The number of aromatic nitrogens is 1. The highest BCUT2D eigenvalue weighted by molar-refractivity contribution is 5.94. The Morgan fingerprint density at radius 2 is 2.19 bits per heavy atom. The summed E-state index contributed by atoms with van der Waals surface area (Å²) >= 11 is 0. The lowest BCUT2D eigenvalue weighted by Crippen LogP contribution is -2.24. The summed E-state index contributed by atoms with van der Waals surface area (Å²) < 4.78 is 10.7. The Hall–Kier alpha value is -2.30. The van der Waals surface area contributed by atoms with Gasteiger partial charge in [0.1, 0.15) is 16.9 Å². The molecule has 0 bridgehead atoms. The lowest BCUT2D eigenvalue weighted by molar-refractivity contribution is 0.0524. The molecule has 5 nitrogen and oxygen atoms in total. The van der Waals surface area contributed by atoms with Crippen LogP contribution in [0.25, 0.3) is 10.9 Å². The predicted molar refractivity (Wildman–Crippen MR) is 78.9 cm³/mol. The van der Waals surface area contributed by atoms with Crippen molar-refractivity contribution in [2.75, 3.05) is 6.61 Å². The molecular formula is C16H17NO4. The average Bonchev–Trinajstić information content (AvgIpc) is 2.70. The van der Waals surface area contributed by atoms with Crippen LogP contribution in [-0.2, 0) is 11.2 Å². The molecule has 3 rings (SSSR count). The summed E-state index contributed by atoms with van der Waals surface area (Å²) in [4.78, 5) is 27.2. The fourth-order valence-electron chi connectivity index (χ4n) is 2.68. The van der Waals surface area contributed by atoms with Gasteiger partial charge in [-0.15, -0.1) is 0 Å². The Kier molecular flexibility index (Phi) is 3.01. The Morgan fingerprint density at radius 3 is 2.90 bits per heavy atom. The second-order valence-electron chi connectivity index (χ2n) is 5.80. The van der Waals surface area contributed by atoms with E-state index in [4.69, 9.17) is 9.47 Å². The van der Waals surface area contributed by atoms with Crippen LogP contribution >= 0.6 is 0 Å². The fraction of sp³-hybridized carbons (Fsp3) is 0.375. The van der Waals surface area contributed by atoms with Gasteiger partial charge < -0.3 is 14.5 Å². The van der Waals surface area contributed by atoms with Gasteiger partial charge in [-0.05, 0) is 32.4 Å². The molecule has 1 aliphatic heterocycles. The first-order valence-corrected chi connectivity index (χ1v) is 6.96. The molecule has 0 spiro atoms. The van der Waals surface area contributed by atoms with Gasteiger partial charge in [-0.25, -0.2) is 4.79 Å². The van der Waals surface area contributed by atoms with E-state index in [2.05, 4.69) is 4.98 Å². The van der Waals surface area contributed by atoms with Crippen molar-refractivity contribution >= 4 is 16.9 Å². The maximum Gasteiger partial charge on any atom is 0.343 e. The lowest BCUT2D eigenvalue weighted by atomic mass is 10.00. The van der Waals surface area contributed by atoms with E-state index in [1.807, 2.05) is 19.9 Å². The third kappa shape index (κ3) is 2.28. The number of carbonyl (C=O) groups is 1. The number of pyridine rings is 1. The molecule has 0 fully saturated rings. The smallest absolute Gasteiger partial charge is 0.343 e. The average molecular weight is 287 g/mol. The number of benzene rings is 1. The first-order chi connectivity index (χ1) is 9.91. The first-order valence-electron chi connectivity index (χ1n) is 6.96. The third-order valence-corrected chi connectivity index (χ3v) is 3.56. The second kappa shape index (κ2) is 4.62. The number of rotatable bonds is 2. The van der Waals surface area contributed by atoms with Gasteiger partial charge in [0.15, 0.2) is 0 Å². The van der Waals surface area contributed by atoms with Crippen molar-refractivity contribution in [2.24, 2.45) is 0 Å². The van der Waals surface area contributed by atoms with Crippen LogP contribution in [0.2, 0.25) is 0 Å². The number of hydrogen-bond acceptors (Lipinski definition) is 4. The number of aromatic amines is 1. The minimum absolute atomic E-state index is 0.0301. The number of fused-ring (bicyclic) bond motifs is 2. The summed E-state index contributed by atoms with van der Waals surface area (Å²) in [6.45, 7) is 5.95. The van der Waals surface area contributed by atoms with Crippen molar-refractivity contribution in [1.82, 2.24) is 4.98 Å². The van der Waals surface area contributed by atoms with Gasteiger partial charge in [0.25, 0.3) is 0 Å². The number of esters is 1. The maximum absolute atomic E-state index is 12.4.